The molecule has 0 aliphatic rings. The fourth-order valence-corrected chi connectivity index (χ4v) is 2.31. The van der Waals surface area contributed by atoms with Crippen LogP contribution in [0.5, 0.6) is 0 Å². The third-order valence-corrected chi connectivity index (χ3v) is 3.71. The first-order valence-electron chi connectivity index (χ1n) is 7.82. The zero-order chi connectivity index (χ0) is 17.6. The summed E-state index contributed by atoms with van der Waals surface area (Å²) in [5, 5.41) is 5.65. The molecule has 0 saturated carbocycles. The summed E-state index contributed by atoms with van der Waals surface area (Å²) in [4.78, 5) is 28.4. The third-order valence-electron chi connectivity index (χ3n) is 3.71. The Morgan fingerprint density at radius 1 is 0.800 bits per heavy atom. The molecule has 0 fully saturated rings. The summed E-state index contributed by atoms with van der Waals surface area (Å²) in [6, 6.07) is 17.5. The smallest absolute Gasteiger partial charge is 0.255 e. The van der Waals surface area contributed by atoms with Crippen LogP contribution in [-0.4, -0.2) is 16.8 Å². The topological polar surface area (TPSA) is 71.1 Å². The van der Waals surface area contributed by atoms with Gasteiger partial charge in [-0.15, -0.1) is 0 Å². The van der Waals surface area contributed by atoms with Gasteiger partial charge in [0.05, 0.1) is 0 Å². The van der Waals surface area contributed by atoms with Crippen molar-refractivity contribution in [1.82, 2.24) is 4.98 Å². The van der Waals surface area contributed by atoms with E-state index < -0.39 is 0 Å². The van der Waals surface area contributed by atoms with E-state index in [4.69, 9.17) is 0 Å². The van der Waals surface area contributed by atoms with Gasteiger partial charge in [-0.05, 0) is 55.0 Å². The Morgan fingerprint density at radius 3 is 2.12 bits per heavy atom. The number of aryl methyl sites for hydroxylation is 1. The normalized spacial score (nSPS) is 10.1. The first-order chi connectivity index (χ1) is 12.1. The van der Waals surface area contributed by atoms with E-state index >= 15 is 0 Å². The summed E-state index contributed by atoms with van der Waals surface area (Å²) < 4.78 is 0. The van der Waals surface area contributed by atoms with Gasteiger partial charge >= 0.3 is 0 Å². The van der Waals surface area contributed by atoms with Gasteiger partial charge in [0.25, 0.3) is 11.8 Å². The third kappa shape index (κ3) is 4.09. The molecule has 0 radical (unpaired) electrons. The Hall–Kier alpha value is -3.47. The average Bonchev–Trinajstić information content (AvgIpc) is 2.65. The van der Waals surface area contributed by atoms with Crippen LogP contribution >= 0.6 is 0 Å². The number of hydrogen-bond acceptors (Lipinski definition) is 3. The zero-order valence-electron chi connectivity index (χ0n) is 13.7. The molecule has 3 rings (SSSR count). The van der Waals surface area contributed by atoms with Crippen LogP contribution in [0.2, 0.25) is 0 Å². The minimum atomic E-state index is -0.213. The van der Waals surface area contributed by atoms with Gasteiger partial charge in [0, 0.05) is 34.9 Å². The van der Waals surface area contributed by atoms with Crippen molar-refractivity contribution in [2.45, 2.75) is 6.92 Å². The molecule has 5 nitrogen and oxygen atoms in total. The number of nitrogens with zero attached hydrogens (tertiary/aromatic N) is 1. The van der Waals surface area contributed by atoms with Crippen molar-refractivity contribution in [1.29, 1.82) is 0 Å². The van der Waals surface area contributed by atoms with Crippen LogP contribution in [0.15, 0.2) is 73.1 Å². The molecule has 0 saturated heterocycles. The quantitative estimate of drug-likeness (QED) is 0.762. The van der Waals surface area contributed by atoms with Crippen LogP contribution in [0.3, 0.4) is 0 Å². The van der Waals surface area contributed by atoms with Gasteiger partial charge in [-0.3, -0.25) is 14.6 Å². The Morgan fingerprint density at radius 2 is 1.44 bits per heavy atom. The molecule has 124 valence electrons. The SMILES string of the molecule is Cc1cnccc1NC(=O)c1ccc(NC(=O)c2ccccc2)cc1. The second kappa shape index (κ2) is 7.40. The maximum atomic E-state index is 12.3. The fraction of sp³-hybridized carbons (Fsp3) is 0.0500. The van der Waals surface area contributed by atoms with E-state index in [9.17, 15) is 9.59 Å². The van der Waals surface area contributed by atoms with E-state index in [0.717, 1.165) is 11.3 Å². The molecule has 2 amide bonds. The molecule has 1 aromatic heterocycles. The van der Waals surface area contributed by atoms with Gasteiger partial charge in [0.2, 0.25) is 0 Å². The van der Waals surface area contributed by atoms with Crippen LogP contribution in [-0.2, 0) is 0 Å². The van der Waals surface area contributed by atoms with Crippen molar-refractivity contribution in [2.75, 3.05) is 10.6 Å². The van der Waals surface area contributed by atoms with Crippen LogP contribution in [0.1, 0.15) is 26.3 Å². The average molecular weight is 331 g/mol. The fourth-order valence-electron chi connectivity index (χ4n) is 2.31. The molecule has 25 heavy (non-hydrogen) atoms. The standard InChI is InChI=1S/C20H17N3O2/c1-14-13-21-12-11-18(14)23-20(25)16-7-9-17(10-8-16)22-19(24)15-5-3-2-4-6-15/h2-13H,1H3,(H,22,24)(H,21,23,25). The number of amides is 2. The monoisotopic (exact) mass is 331 g/mol. The van der Waals surface area contributed by atoms with E-state index in [1.165, 1.54) is 0 Å². The van der Waals surface area contributed by atoms with Gasteiger partial charge in [-0.25, -0.2) is 0 Å². The number of pyridine rings is 1. The Bertz CT molecular complexity index is 890. The van der Waals surface area contributed by atoms with Gasteiger partial charge in [0.15, 0.2) is 0 Å². The highest BCUT2D eigenvalue weighted by atomic mass is 16.2. The highest BCUT2D eigenvalue weighted by Gasteiger charge is 2.09. The number of anilines is 2. The largest absolute Gasteiger partial charge is 0.322 e. The lowest BCUT2D eigenvalue weighted by Gasteiger charge is -2.09. The number of carbonyl (C=O) groups is 2. The second-order valence-electron chi connectivity index (χ2n) is 5.54. The molecular formula is C20H17N3O2. The maximum Gasteiger partial charge on any atom is 0.255 e. The summed E-state index contributed by atoms with van der Waals surface area (Å²) in [6.45, 7) is 1.88. The lowest BCUT2D eigenvalue weighted by molar-refractivity contribution is 0.102. The van der Waals surface area contributed by atoms with E-state index in [-0.39, 0.29) is 11.8 Å². The first kappa shape index (κ1) is 16.4. The van der Waals surface area contributed by atoms with Crippen molar-refractivity contribution < 1.29 is 9.59 Å². The summed E-state index contributed by atoms with van der Waals surface area (Å²) in [7, 11) is 0. The molecule has 0 bridgehead atoms. The van der Waals surface area contributed by atoms with E-state index in [0.29, 0.717) is 16.8 Å². The summed E-state index contributed by atoms with van der Waals surface area (Å²) in [5.74, 6) is -0.402. The van der Waals surface area contributed by atoms with Gasteiger partial charge in [-0.1, -0.05) is 18.2 Å². The van der Waals surface area contributed by atoms with Crippen molar-refractivity contribution in [2.24, 2.45) is 0 Å². The van der Waals surface area contributed by atoms with Crippen molar-refractivity contribution >= 4 is 23.2 Å². The second-order valence-corrected chi connectivity index (χ2v) is 5.54. The predicted octanol–water partition coefficient (Wildman–Crippen LogP) is 3.89. The Labute approximate surface area is 145 Å². The van der Waals surface area contributed by atoms with Crippen LogP contribution in [0.4, 0.5) is 11.4 Å². The first-order valence-corrected chi connectivity index (χ1v) is 7.82. The summed E-state index contributed by atoms with van der Waals surface area (Å²) in [5.41, 5.74) is 3.33. The zero-order valence-corrected chi connectivity index (χ0v) is 13.7. The van der Waals surface area contributed by atoms with E-state index in [1.807, 2.05) is 25.1 Å². The van der Waals surface area contributed by atoms with Gasteiger partial charge in [0.1, 0.15) is 0 Å². The number of nitrogens with one attached hydrogen (secondary N) is 2. The van der Waals surface area contributed by atoms with Crippen molar-refractivity contribution in [3.8, 4) is 0 Å². The minimum Gasteiger partial charge on any atom is -0.322 e. The maximum absolute atomic E-state index is 12.3. The number of rotatable bonds is 4. The molecule has 2 N–H and O–H groups in total. The predicted molar refractivity (Wildman–Crippen MR) is 97.8 cm³/mol. The Kier molecular flexibility index (Phi) is 4.85. The van der Waals surface area contributed by atoms with Crippen LogP contribution < -0.4 is 10.6 Å². The van der Waals surface area contributed by atoms with Crippen molar-refractivity contribution in [3.05, 3.63) is 89.7 Å². The molecule has 1 heterocycles. The van der Waals surface area contributed by atoms with Crippen LogP contribution in [0.25, 0.3) is 0 Å². The van der Waals surface area contributed by atoms with Crippen molar-refractivity contribution in [3.63, 3.8) is 0 Å². The highest BCUT2D eigenvalue weighted by Crippen LogP contribution is 2.15. The molecular weight excluding hydrogens is 314 g/mol. The highest BCUT2D eigenvalue weighted by molar-refractivity contribution is 6.06. The molecule has 0 spiro atoms. The number of carbonyl (C=O) groups excluding carboxylic acids is 2. The molecule has 3 aromatic rings. The van der Waals surface area contributed by atoms with E-state index in [2.05, 4.69) is 15.6 Å². The molecule has 2 aromatic carbocycles. The molecule has 0 aliphatic carbocycles. The summed E-state index contributed by atoms with van der Waals surface area (Å²) >= 11 is 0. The number of hydrogen-bond donors (Lipinski definition) is 2. The molecule has 0 atom stereocenters. The molecule has 5 heteroatoms. The number of aromatic nitrogens is 1. The number of benzene rings is 2. The lowest BCUT2D eigenvalue weighted by Crippen LogP contribution is -2.14. The molecule has 0 aliphatic heterocycles. The van der Waals surface area contributed by atoms with Gasteiger partial charge < -0.3 is 10.6 Å². The van der Waals surface area contributed by atoms with E-state index in [1.54, 1.807) is 54.9 Å². The minimum absolute atomic E-state index is 0.190. The van der Waals surface area contributed by atoms with Crippen LogP contribution in [0, 0.1) is 6.92 Å². The summed E-state index contributed by atoms with van der Waals surface area (Å²) in [6.07, 6.45) is 3.32. The van der Waals surface area contributed by atoms with Gasteiger partial charge in [-0.2, -0.15) is 0 Å². The lowest BCUT2D eigenvalue weighted by atomic mass is 10.1. The molecule has 0 unspecified atom stereocenters. The Balaban J connectivity index is 1.67.